The Balaban J connectivity index is 2.17. The molecule has 102 valence electrons. The summed E-state index contributed by atoms with van der Waals surface area (Å²) in [5, 5.41) is 7.89. The number of hydrogen-bond acceptors (Lipinski definition) is 3. The van der Waals surface area contributed by atoms with Crippen LogP contribution in [0.1, 0.15) is 18.9 Å². The predicted octanol–water partition coefficient (Wildman–Crippen LogP) is 3.64. The van der Waals surface area contributed by atoms with Crippen molar-refractivity contribution >= 4 is 29.8 Å². The molecule has 0 aliphatic carbocycles. The molecule has 0 aliphatic rings. The van der Waals surface area contributed by atoms with Gasteiger partial charge in [-0.15, -0.1) is 5.10 Å². The molecular formula is C13H17ClN4S. The molecule has 0 aliphatic heterocycles. The van der Waals surface area contributed by atoms with Crippen molar-refractivity contribution in [2.24, 2.45) is 0 Å². The van der Waals surface area contributed by atoms with Gasteiger partial charge in [0.1, 0.15) is 0 Å². The summed E-state index contributed by atoms with van der Waals surface area (Å²) < 4.78 is 2.69. The summed E-state index contributed by atoms with van der Waals surface area (Å²) in [6, 6.07) is 7.83. The fraction of sp³-hybridized carbons (Fsp3) is 0.385. The fourth-order valence-corrected chi connectivity index (χ4v) is 2.30. The molecule has 0 amide bonds. The molecule has 1 aromatic carbocycles. The second-order valence-corrected chi connectivity index (χ2v) is 5.29. The van der Waals surface area contributed by atoms with Crippen LogP contribution in [0, 0.1) is 4.77 Å². The zero-order chi connectivity index (χ0) is 13.8. The lowest BCUT2D eigenvalue weighted by molar-refractivity contribution is 0.654. The highest BCUT2D eigenvalue weighted by molar-refractivity contribution is 7.71. The molecule has 1 aromatic heterocycles. The molecule has 0 unspecified atom stereocenters. The van der Waals surface area contributed by atoms with Crippen LogP contribution in [0.3, 0.4) is 0 Å². The second-order valence-electron chi connectivity index (χ2n) is 4.46. The monoisotopic (exact) mass is 296 g/mol. The van der Waals surface area contributed by atoms with E-state index in [4.69, 9.17) is 23.8 Å². The Bertz CT molecular complexity index is 587. The Labute approximate surface area is 123 Å². The van der Waals surface area contributed by atoms with Gasteiger partial charge >= 0.3 is 0 Å². The van der Waals surface area contributed by atoms with Gasteiger partial charge in [-0.05, 0) is 36.3 Å². The lowest BCUT2D eigenvalue weighted by Crippen LogP contribution is -2.21. The second kappa shape index (κ2) is 6.21. The van der Waals surface area contributed by atoms with Crippen LogP contribution < -0.4 is 4.90 Å². The summed E-state index contributed by atoms with van der Waals surface area (Å²) in [6.45, 7) is 3.76. The lowest BCUT2D eigenvalue weighted by Gasteiger charge is -2.18. The van der Waals surface area contributed by atoms with Gasteiger partial charge in [0.25, 0.3) is 0 Å². The molecule has 19 heavy (non-hydrogen) atoms. The highest BCUT2D eigenvalue weighted by Crippen LogP contribution is 2.15. The van der Waals surface area contributed by atoms with Gasteiger partial charge in [-0.1, -0.05) is 30.7 Å². The van der Waals surface area contributed by atoms with E-state index in [9.17, 15) is 0 Å². The van der Waals surface area contributed by atoms with E-state index in [2.05, 4.69) is 22.0 Å². The maximum absolute atomic E-state index is 5.89. The predicted molar refractivity (Wildman–Crippen MR) is 81.3 cm³/mol. The van der Waals surface area contributed by atoms with E-state index in [-0.39, 0.29) is 0 Å². The van der Waals surface area contributed by atoms with Crippen LogP contribution >= 0.6 is 23.8 Å². The molecule has 0 fully saturated rings. The third kappa shape index (κ3) is 3.36. The van der Waals surface area contributed by atoms with Gasteiger partial charge in [-0.25, -0.2) is 5.10 Å². The van der Waals surface area contributed by atoms with Gasteiger partial charge in [0.05, 0.1) is 0 Å². The number of rotatable bonds is 5. The first-order chi connectivity index (χ1) is 9.11. The van der Waals surface area contributed by atoms with Gasteiger partial charge in [0, 0.05) is 25.2 Å². The first-order valence-corrected chi connectivity index (χ1v) is 7.01. The Morgan fingerprint density at radius 2 is 2.05 bits per heavy atom. The molecule has 6 heteroatoms. The molecule has 4 nitrogen and oxygen atoms in total. The van der Waals surface area contributed by atoms with Crippen LogP contribution in [0.4, 0.5) is 5.95 Å². The minimum Gasteiger partial charge on any atom is -0.340 e. The first kappa shape index (κ1) is 14.1. The van der Waals surface area contributed by atoms with Crippen LogP contribution in [0.15, 0.2) is 24.3 Å². The molecule has 1 heterocycles. The van der Waals surface area contributed by atoms with Crippen molar-refractivity contribution in [2.45, 2.75) is 26.4 Å². The zero-order valence-corrected chi connectivity index (χ0v) is 12.6. The average molecular weight is 297 g/mol. The van der Waals surface area contributed by atoms with Crippen molar-refractivity contribution < 1.29 is 0 Å². The van der Waals surface area contributed by atoms with E-state index in [1.54, 1.807) is 0 Å². The maximum atomic E-state index is 5.89. The molecule has 0 bridgehead atoms. The quantitative estimate of drug-likeness (QED) is 0.856. The van der Waals surface area contributed by atoms with Crippen LogP contribution in [0.25, 0.3) is 0 Å². The molecule has 2 rings (SSSR count). The number of nitrogens with one attached hydrogen (secondary N) is 1. The smallest absolute Gasteiger partial charge is 0.225 e. The van der Waals surface area contributed by atoms with Gasteiger partial charge < -0.3 is 4.90 Å². The molecule has 0 spiro atoms. The Kier molecular flexibility index (Phi) is 4.61. The normalized spacial score (nSPS) is 10.7. The van der Waals surface area contributed by atoms with Crippen LogP contribution in [-0.4, -0.2) is 21.8 Å². The molecule has 2 aromatic rings. The van der Waals surface area contributed by atoms with Crippen molar-refractivity contribution in [2.75, 3.05) is 11.9 Å². The highest BCUT2D eigenvalue weighted by atomic mass is 35.5. The number of halogens is 1. The molecule has 0 saturated carbocycles. The van der Waals surface area contributed by atoms with Crippen molar-refractivity contribution in [3.05, 3.63) is 39.6 Å². The van der Waals surface area contributed by atoms with Crippen LogP contribution in [0.5, 0.6) is 0 Å². The number of H-pyrrole nitrogens is 1. The van der Waals surface area contributed by atoms with Crippen LogP contribution in [0.2, 0.25) is 5.02 Å². The van der Waals surface area contributed by atoms with Crippen LogP contribution in [-0.2, 0) is 13.1 Å². The van der Waals surface area contributed by atoms with Crippen molar-refractivity contribution in [1.29, 1.82) is 0 Å². The summed E-state index contributed by atoms with van der Waals surface area (Å²) in [4.78, 5) is 2.07. The SMILES string of the molecule is CCCn1c(N(C)Cc2ccc(Cl)cc2)n[nH]c1=S. The van der Waals surface area contributed by atoms with Gasteiger partial charge in [0.15, 0.2) is 4.77 Å². The Morgan fingerprint density at radius 1 is 1.37 bits per heavy atom. The fourth-order valence-electron chi connectivity index (χ4n) is 1.96. The summed E-state index contributed by atoms with van der Waals surface area (Å²) in [5.74, 6) is 0.863. The Morgan fingerprint density at radius 3 is 2.68 bits per heavy atom. The molecule has 1 N–H and O–H groups in total. The van der Waals surface area contributed by atoms with E-state index in [1.807, 2.05) is 35.9 Å². The van der Waals surface area contributed by atoms with E-state index in [1.165, 1.54) is 5.56 Å². The van der Waals surface area contributed by atoms with Crippen molar-refractivity contribution in [1.82, 2.24) is 14.8 Å². The number of anilines is 1. The number of hydrogen-bond donors (Lipinski definition) is 1. The van der Waals surface area contributed by atoms with Gasteiger partial charge in [-0.3, -0.25) is 4.57 Å². The van der Waals surface area contributed by atoms with Crippen molar-refractivity contribution in [3.8, 4) is 0 Å². The molecule has 0 radical (unpaired) electrons. The number of aromatic nitrogens is 3. The third-order valence-corrected chi connectivity index (χ3v) is 3.42. The topological polar surface area (TPSA) is 36.9 Å². The van der Waals surface area contributed by atoms with Gasteiger partial charge in [0.2, 0.25) is 5.95 Å². The molecule has 0 saturated heterocycles. The highest BCUT2D eigenvalue weighted by Gasteiger charge is 2.10. The summed E-state index contributed by atoms with van der Waals surface area (Å²) in [7, 11) is 2.01. The standard InChI is InChI=1S/C13H17ClN4S/c1-3-8-18-12(15-16-13(18)19)17(2)9-10-4-6-11(14)7-5-10/h4-7H,3,8-9H2,1-2H3,(H,16,19). The minimum absolute atomic E-state index is 0.666. The average Bonchev–Trinajstić information content (AvgIpc) is 2.75. The van der Waals surface area contributed by atoms with E-state index in [0.717, 1.165) is 30.5 Å². The molecule has 0 atom stereocenters. The van der Waals surface area contributed by atoms with E-state index >= 15 is 0 Å². The number of benzene rings is 1. The summed E-state index contributed by atoms with van der Waals surface area (Å²) in [5.41, 5.74) is 1.18. The largest absolute Gasteiger partial charge is 0.340 e. The third-order valence-electron chi connectivity index (χ3n) is 2.86. The number of aromatic amines is 1. The Hall–Kier alpha value is -1.33. The first-order valence-electron chi connectivity index (χ1n) is 6.22. The number of nitrogens with zero attached hydrogens (tertiary/aromatic N) is 3. The van der Waals surface area contributed by atoms with E-state index < -0.39 is 0 Å². The van der Waals surface area contributed by atoms with Crippen molar-refractivity contribution in [3.63, 3.8) is 0 Å². The zero-order valence-electron chi connectivity index (χ0n) is 11.1. The minimum atomic E-state index is 0.666. The van der Waals surface area contributed by atoms with Gasteiger partial charge in [-0.2, -0.15) is 0 Å². The van der Waals surface area contributed by atoms with E-state index in [0.29, 0.717) is 4.77 Å². The summed E-state index contributed by atoms with van der Waals surface area (Å²) >= 11 is 11.1. The maximum Gasteiger partial charge on any atom is 0.225 e. The summed E-state index contributed by atoms with van der Waals surface area (Å²) in [6.07, 6.45) is 1.02. The molecular weight excluding hydrogens is 280 g/mol. The lowest BCUT2D eigenvalue weighted by atomic mass is 10.2.